The van der Waals surface area contributed by atoms with E-state index in [-0.39, 0.29) is 5.91 Å². The molecule has 120 valence electrons. The number of alkyl halides is 3. The SMILES string of the molecule is O=C(NCc1ccncc1)C1(c2cccc(C(F)(F)F)c2)CC1. The lowest BCUT2D eigenvalue weighted by molar-refractivity contribution is -0.137. The number of halogens is 3. The van der Waals surface area contributed by atoms with Gasteiger partial charge in [-0.25, -0.2) is 0 Å². The van der Waals surface area contributed by atoms with Gasteiger partial charge < -0.3 is 5.32 Å². The number of carbonyl (C=O) groups is 1. The van der Waals surface area contributed by atoms with Crippen LogP contribution in [0.15, 0.2) is 48.8 Å². The summed E-state index contributed by atoms with van der Waals surface area (Å²) >= 11 is 0. The lowest BCUT2D eigenvalue weighted by Gasteiger charge is -2.17. The van der Waals surface area contributed by atoms with Crippen molar-refractivity contribution in [2.24, 2.45) is 0 Å². The second-order valence-corrected chi connectivity index (χ2v) is 5.70. The zero-order valence-electron chi connectivity index (χ0n) is 12.2. The van der Waals surface area contributed by atoms with Gasteiger partial charge in [-0.1, -0.05) is 18.2 Å². The summed E-state index contributed by atoms with van der Waals surface area (Å²) in [5.41, 5.74) is -0.218. The standard InChI is InChI=1S/C17H15F3N2O/c18-17(19,20)14-3-1-2-13(10-14)16(6-7-16)15(23)22-11-12-4-8-21-9-5-12/h1-5,8-10H,6-7,11H2,(H,22,23). The van der Waals surface area contributed by atoms with Crippen LogP contribution < -0.4 is 5.32 Å². The van der Waals surface area contributed by atoms with Gasteiger partial charge in [-0.15, -0.1) is 0 Å². The first-order valence-electron chi connectivity index (χ1n) is 7.27. The minimum absolute atomic E-state index is 0.228. The average molecular weight is 320 g/mol. The normalized spacial score (nSPS) is 16.0. The Morgan fingerprint density at radius 1 is 1.17 bits per heavy atom. The van der Waals surface area contributed by atoms with E-state index in [1.54, 1.807) is 30.6 Å². The molecule has 0 bridgehead atoms. The molecule has 1 saturated carbocycles. The van der Waals surface area contributed by atoms with E-state index in [0.717, 1.165) is 17.7 Å². The second kappa shape index (κ2) is 5.68. The van der Waals surface area contributed by atoms with Gasteiger partial charge >= 0.3 is 6.18 Å². The summed E-state index contributed by atoms with van der Waals surface area (Å²) in [6.07, 6.45) is -0.0189. The number of nitrogens with zero attached hydrogens (tertiary/aromatic N) is 1. The smallest absolute Gasteiger partial charge is 0.351 e. The summed E-state index contributed by atoms with van der Waals surface area (Å²) in [4.78, 5) is 16.3. The maximum absolute atomic E-state index is 12.8. The molecule has 1 aliphatic rings. The first kappa shape index (κ1) is 15.5. The van der Waals surface area contributed by atoms with Crippen molar-refractivity contribution >= 4 is 5.91 Å². The first-order valence-corrected chi connectivity index (χ1v) is 7.27. The predicted octanol–water partition coefficient (Wildman–Crippen LogP) is 3.45. The fraction of sp³-hybridized carbons (Fsp3) is 0.294. The van der Waals surface area contributed by atoms with Crippen molar-refractivity contribution in [1.29, 1.82) is 0 Å². The minimum atomic E-state index is -4.40. The van der Waals surface area contributed by atoms with Gasteiger partial charge in [0.2, 0.25) is 5.91 Å². The van der Waals surface area contributed by atoms with Crippen LogP contribution >= 0.6 is 0 Å². The quantitative estimate of drug-likeness (QED) is 0.937. The second-order valence-electron chi connectivity index (χ2n) is 5.70. The number of hydrogen-bond acceptors (Lipinski definition) is 2. The zero-order valence-corrected chi connectivity index (χ0v) is 12.2. The molecule has 6 heteroatoms. The molecule has 1 aliphatic carbocycles. The Kier molecular flexibility index (Phi) is 3.83. The Hall–Kier alpha value is -2.37. The zero-order chi connectivity index (χ0) is 16.5. The molecule has 23 heavy (non-hydrogen) atoms. The Bertz CT molecular complexity index is 709. The summed E-state index contributed by atoms with van der Waals surface area (Å²) < 4.78 is 38.5. The molecule has 3 nitrogen and oxygen atoms in total. The molecule has 1 fully saturated rings. The Morgan fingerprint density at radius 3 is 2.48 bits per heavy atom. The van der Waals surface area contributed by atoms with Gasteiger partial charge in [-0.3, -0.25) is 9.78 Å². The third kappa shape index (κ3) is 3.21. The molecule has 1 heterocycles. The number of carbonyl (C=O) groups excluding carboxylic acids is 1. The first-order chi connectivity index (χ1) is 10.9. The van der Waals surface area contributed by atoms with Crippen molar-refractivity contribution in [3.05, 3.63) is 65.5 Å². The summed E-state index contributed by atoms with van der Waals surface area (Å²) in [7, 11) is 0. The molecule has 0 spiro atoms. The number of aromatic nitrogens is 1. The lowest BCUT2D eigenvalue weighted by Crippen LogP contribution is -2.34. The molecule has 0 atom stereocenters. The Morgan fingerprint density at radius 2 is 1.87 bits per heavy atom. The van der Waals surface area contributed by atoms with Gasteiger partial charge in [0.25, 0.3) is 0 Å². The number of hydrogen-bond donors (Lipinski definition) is 1. The van der Waals surface area contributed by atoms with E-state index in [1.165, 1.54) is 6.07 Å². The number of pyridine rings is 1. The van der Waals surface area contributed by atoms with Gasteiger partial charge in [0.05, 0.1) is 11.0 Å². The lowest BCUT2D eigenvalue weighted by atomic mass is 9.93. The summed E-state index contributed by atoms with van der Waals surface area (Å²) in [6.45, 7) is 0.335. The van der Waals surface area contributed by atoms with Crippen molar-refractivity contribution in [2.45, 2.75) is 31.0 Å². The molecule has 1 amide bonds. The van der Waals surface area contributed by atoms with Gasteiger partial charge in [-0.2, -0.15) is 13.2 Å². The van der Waals surface area contributed by atoms with Crippen LogP contribution in [-0.2, 0) is 22.9 Å². The van der Waals surface area contributed by atoms with Gasteiger partial charge in [0.15, 0.2) is 0 Å². The third-order valence-electron chi connectivity index (χ3n) is 4.13. The van der Waals surface area contributed by atoms with Crippen molar-refractivity contribution < 1.29 is 18.0 Å². The molecule has 0 unspecified atom stereocenters. The molecule has 0 aliphatic heterocycles. The van der Waals surface area contributed by atoms with E-state index in [9.17, 15) is 18.0 Å². The van der Waals surface area contributed by atoms with Crippen LogP contribution in [0.1, 0.15) is 29.5 Å². The highest BCUT2D eigenvalue weighted by atomic mass is 19.4. The van der Waals surface area contributed by atoms with Crippen molar-refractivity contribution in [3.63, 3.8) is 0 Å². The summed E-state index contributed by atoms with van der Waals surface area (Å²) in [6, 6.07) is 8.62. The highest BCUT2D eigenvalue weighted by molar-refractivity contribution is 5.91. The van der Waals surface area contributed by atoms with Crippen LogP contribution in [0.3, 0.4) is 0 Å². The number of nitrogens with one attached hydrogen (secondary N) is 1. The van der Waals surface area contributed by atoms with Crippen LogP contribution in [0.25, 0.3) is 0 Å². The molecular formula is C17H15F3N2O. The van der Waals surface area contributed by atoms with Crippen LogP contribution in [-0.4, -0.2) is 10.9 Å². The van der Waals surface area contributed by atoms with Crippen LogP contribution in [0.5, 0.6) is 0 Å². The molecule has 1 aromatic carbocycles. The van der Waals surface area contributed by atoms with E-state index in [1.807, 2.05) is 0 Å². The highest BCUT2D eigenvalue weighted by Gasteiger charge is 2.51. The fourth-order valence-electron chi connectivity index (χ4n) is 2.62. The van der Waals surface area contributed by atoms with Crippen molar-refractivity contribution in [2.75, 3.05) is 0 Å². The highest BCUT2D eigenvalue weighted by Crippen LogP contribution is 2.49. The van der Waals surface area contributed by atoms with Gasteiger partial charge in [0.1, 0.15) is 0 Å². The van der Waals surface area contributed by atoms with Crippen LogP contribution in [0, 0.1) is 0 Å². The van der Waals surface area contributed by atoms with E-state index < -0.39 is 17.2 Å². The van der Waals surface area contributed by atoms with E-state index >= 15 is 0 Å². The maximum Gasteiger partial charge on any atom is 0.416 e. The topological polar surface area (TPSA) is 42.0 Å². The molecule has 2 aromatic rings. The molecule has 1 aromatic heterocycles. The van der Waals surface area contributed by atoms with Crippen LogP contribution in [0.4, 0.5) is 13.2 Å². The van der Waals surface area contributed by atoms with Crippen molar-refractivity contribution in [3.8, 4) is 0 Å². The minimum Gasteiger partial charge on any atom is -0.351 e. The van der Waals surface area contributed by atoms with E-state index in [4.69, 9.17) is 0 Å². The average Bonchev–Trinajstić information content (AvgIpc) is 3.35. The number of amides is 1. The maximum atomic E-state index is 12.8. The molecular weight excluding hydrogens is 305 g/mol. The van der Waals surface area contributed by atoms with Gasteiger partial charge in [-0.05, 0) is 42.2 Å². The summed E-state index contributed by atoms with van der Waals surface area (Å²) in [5.74, 6) is -0.228. The van der Waals surface area contributed by atoms with E-state index in [0.29, 0.717) is 24.9 Å². The van der Waals surface area contributed by atoms with E-state index in [2.05, 4.69) is 10.3 Å². The Balaban J connectivity index is 1.75. The largest absolute Gasteiger partial charge is 0.416 e. The number of rotatable bonds is 4. The third-order valence-corrected chi connectivity index (χ3v) is 4.13. The van der Waals surface area contributed by atoms with Crippen LogP contribution in [0.2, 0.25) is 0 Å². The van der Waals surface area contributed by atoms with Crippen molar-refractivity contribution in [1.82, 2.24) is 10.3 Å². The summed E-state index contributed by atoms with van der Waals surface area (Å²) in [5, 5.41) is 2.81. The monoisotopic (exact) mass is 320 g/mol. The molecule has 3 rings (SSSR count). The number of benzene rings is 1. The Labute approximate surface area is 131 Å². The van der Waals surface area contributed by atoms with Gasteiger partial charge in [0, 0.05) is 18.9 Å². The molecule has 1 N–H and O–H groups in total. The fourth-order valence-corrected chi connectivity index (χ4v) is 2.62. The molecule has 0 saturated heterocycles. The molecule has 0 radical (unpaired) electrons. The predicted molar refractivity (Wildman–Crippen MR) is 78.4 cm³/mol.